The molecule has 0 saturated heterocycles. The van der Waals surface area contributed by atoms with E-state index >= 15 is 0 Å². The molecule has 0 spiro atoms. The van der Waals surface area contributed by atoms with Crippen molar-refractivity contribution in [1.29, 1.82) is 0 Å². The van der Waals surface area contributed by atoms with E-state index in [-0.39, 0.29) is 24.6 Å². The van der Waals surface area contributed by atoms with Crippen LogP contribution in [-0.4, -0.2) is 30.4 Å². The summed E-state index contributed by atoms with van der Waals surface area (Å²) in [7, 11) is 0. The molecule has 0 aliphatic rings. The van der Waals surface area contributed by atoms with Crippen LogP contribution >= 0.6 is 23.2 Å². The number of benzene rings is 1. The fraction of sp³-hybridized carbons (Fsp3) is 0.235. The van der Waals surface area contributed by atoms with Gasteiger partial charge in [0.15, 0.2) is 5.82 Å². The first-order chi connectivity index (χ1) is 13.3. The average molecular weight is 423 g/mol. The van der Waals surface area contributed by atoms with Crippen molar-refractivity contribution in [3.63, 3.8) is 0 Å². The molecule has 0 radical (unpaired) electrons. The Morgan fingerprint density at radius 3 is 2.75 bits per heavy atom. The number of hydrogen-bond donors (Lipinski definition) is 1. The molecule has 9 nitrogen and oxygen atoms in total. The summed E-state index contributed by atoms with van der Waals surface area (Å²) >= 11 is 12.0. The number of amides is 1. The molecule has 28 heavy (non-hydrogen) atoms. The van der Waals surface area contributed by atoms with Gasteiger partial charge in [-0.1, -0.05) is 29.3 Å². The van der Waals surface area contributed by atoms with Crippen LogP contribution in [0.4, 0.5) is 11.5 Å². The van der Waals surface area contributed by atoms with Crippen LogP contribution < -0.4 is 5.32 Å². The van der Waals surface area contributed by atoms with E-state index in [9.17, 15) is 14.9 Å². The minimum absolute atomic E-state index is 0.109. The number of aryl methyl sites for hydroxylation is 2. The van der Waals surface area contributed by atoms with Gasteiger partial charge in [0.25, 0.3) is 0 Å². The Balaban J connectivity index is 1.58. The molecule has 1 N–H and O–H groups in total. The highest BCUT2D eigenvalue weighted by Crippen LogP contribution is 2.23. The van der Waals surface area contributed by atoms with Crippen molar-refractivity contribution in [2.24, 2.45) is 0 Å². The molecular weight excluding hydrogens is 407 g/mol. The van der Waals surface area contributed by atoms with Crippen LogP contribution in [0.1, 0.15) is 17.7 Å². The van der Waals surface area contributed by atoms with E-state index < -0.39 is 4.92 Å². The maximum Gasteiger partial charge on any atom is 0.306 e. The maximum atomic E-state index is 12.1. The number of rotatable bonds is 7. The molecule has 0 saturated carbocycles. The lowest BCUT2D eigenvalue weighted by molar-refractivity contribution is -0.385. The molecule has 11 heteroatoms. The van der Waals surface area contributed by atoms with E-state index in [0.717, 1.165) is 17.5 Å². The molecule has 146 valence electrons. The number of carbonyl (C=O) groups excluding carboxylic acids is 1. The fourth-order valence-corrected chi connectivity index (χ4v) is 2.85. The summed E-state index contributed by atoms with van der Waals surface area (Å²) in [4.78, 5) is 22.2. The van der Waals surface area contributed by atoms with Gasteiger partial charge in [-0.25, -0.2) is 0 Å². The molecule has 0 aliphatic heterocycles. The smallest absolute Gasteiger partial charge is 0.306 e. The molecule has 0 aliphatic carbocycles. The number of nitrogens with zero attached hydrogens (tertiary/aromatic N) is 5. The van der Waals surface area contributed by atoms with Crippen LogP contribution in [-0.2, 0) is 17.9 Å². The summed E-state index contributed by atoms with van der Waals surface area (Å²) in [6, 6.07) is 7.11. The topological polar surface area (TPSA) is 108 Å². The first-order valence-electron chi connectivity index (χ1n) is 8.27. The molecular formula is C17H16Cl2N6O3. The number of anilines is 1. The Morgan fingerprint density at radius 1 is 1.29 bits per heavy atom. The Labute approximate surface area is 170 Å². The predicted molar refractivity (Wildman–Crippen MR) is 105 cm³/mol. The third-order valence-corrected chi connectivity index (χ3v) is 4.70. The van der Waals surface area contributed by atoms with E-state index in [1.165, 1.54) is 10.9 Å². The predicted octanol–water partition coefficient (Wildman–Crippen LogP) is 3.68. The molecule has 3 rings (SSSR count). The van der Waals surface area contributed by atoms with Crippen LogP contribution in [0, 0.1) is 17.0 Å². The molecule has 0 fully saturated rings. The Kier molecular flexibility index (Phi) is 5.96. The van der Waals surface area contributed by atoms with Crippen molar-refractivity contribution in [1.82, 2.24) is 19.6 Å². The summed E-state index contributed by atoms with van der Waals surface area (Å²) in [5, 5.41) is 22.5. The van der Waals surface area contributed by atoms with Crippen molar-refractivity contribution >= 4 is 40.6 Å². The van der Waals surface area contributed by atoms with Gasteiger partial charge in [-0.2, -0.15) is 10.2 Å². The highest BCUT2D eigenvalue weighted by Gasteiger charge is 2.12. The number of halogens is 2. The second-order valence-corrected chi connectivity index (χ2v) is 6.91. The van der Waals surface area contributed by atoms with Gasteiger partial charge in [0.05, 0.1) is 21.5 Å². The summed E-state index contributed by atoms with van der Waals surface area (Å²) in [6.45, 7) is 2.58. The third-order valence-electron chi connectivity index (χ3n) is 3.96. The van der Waals surface area contributed by atoms with Crippen molar-refractivity contribution in [2.75, 3.05) is 5.32 Å². The van der Waals surface area contributed by atoms with Gasteiger partial charge >= 0.3 is 5.69 Å². The lowest BCUT2D eigenvalue weighted by Crippen LogP contribution is -2.15. The quantitative estimate of drug-likeness (QED) is 0.461. The summed E-state index contributed by atoms with van der Waals surface area (Å²) in [6.07, 6.45) is 2.53. The normalized spacial score (nSPS) is 10.8. The zero-order valence-corrected chi connectivity index (χ0v) is 16.3. The number of nitrogens with one attached hydrogen (secondary N) is 1. The fourth-order valence-electron chi connectivity index (χ4n) is 2.53. The summed E-state index contributed by atoms with van der Waals surface area (Å²) in [5.74, 6) is 0.159. The molecule has 0 atom stereocenters. The zero-order chi connectivity index (χ0) is 20.3. The largest absolute Gasteiger partial charge is 0.309 e. The second kappa shape index (κ2) is 8.41. The summed E-state index contributed by atoms with van der Waals surface area (Å²) < 4.78 is 3.10. The second-order valence-electron chi connectivity index (χ2n) is 6.09. The first kappa shape index (κ1) is 19.8. The minimum Gasteiger partial charge on any atom is -0.309 e. The highest BCUT2D eigenvalue weighted by atomic mass is 35.5. The van der Waals surface area contributed by atoms with Gasteiger partial charge in [0, 0.05) is 24.7 Å². The van der Waals surface area contributed by atoms with E-state index in [1.807, 2.05) is 13.0 Å². The number of carbonyl (C=O) groups is 1. The van der Waals surface area contributed by atoms with Crippen LogP contribution in [0.2, 0.25) is 10.0 Å². The van der Waals surface area contributed by atoms with Gasteiger partial charge in [-0.05, 0) is 24.6 Å². The third kappa shape index (κ3) is 4.87. The van der Waals surface area contributed by atoms with Gasteiger partial charge in [-0.15, -0.1) is 0 Å². The van der Waals surface area contributed by atoms with Crippen LogP contribution in [0.3, 0.4) is 0 Å². The Hall–Kier alpha value is -2.91. The van der Waals surface area contributed by atoms with Gasteiger partial charge in [0.1, 0.15) is 12.4 Å². The lowest BCUT2D eigenvalue weighted by Gasteiger charge is -2.06. The molecule has 2 aromatic heterocycles. The van der Waals surface area contributed by atoms with E-state index in [0.29, 0.717) is 22.4 Å². The average Bonchev–Trinajstić information content (AvgIpc) is 3.24. The SMILES string of the molecule is Cc1cc(NC(=O)CCn2cc([N+](=O)[O-])cn2)nn1Cc1ccc(Cl)c(Cl)c1. The van der Waals surface area contributed by atoms with Gasteiger partial charge in [0.2, 0.25) is 5.91 Å². The Bertz CT molecular complexity index is 1030. The van der Waals surface area contributed by atoms with E-state index in [1.54, 1.807) is 22.9 Å². The minimum atomic E-state index is -0.535. The van der Waals surface area contributed by atoms with Crippen molar-refractivity contribution < 1.29 is 9.72 Å². The van der Waals surface area contributed by atoms with E-state index in [4.69, 9.17) is 23.2 Å². The van der Waals surface area contributed by atoms with Crippen molar-refractivity contribution in [3.8, 4) is 0 Å². The number of aromatic nitrogens is 4. The van der Waals surface area contributed by atoms with Crippen LogP contribution in [0.5, 0.6) is 0 Å². The van der Waals surface area contributed by atoms with Gasteiger partial charge in [-0.3, -0.25) is 24.3 Å². The number of hydrogen-bond acceptors (Lipinski definition) is 5. The maximum absolute atomic E-state index is 12.1. The zero-order valence-electron chi connectivity index (χ0n) is 14.8. The van der Waals surface area contributed by atoms with Crippen molar-refractivity contribution in [3.05, 3.63) is 68.1 Å². The molecule has 2 heterocycles. The van der Waals surface area contributed by atoms with Crippen LogP contribution in [0.15, 0.2) is 36.7 Å². The monoisotopic (exact) mass is 422 g/mol. The van der Waals surface area contributed by atoms with E-state index in [2.05, 4.69) is 15.5 Å². The standard InChI is InChI=1S/C17H16Cl2N6O3/c1-11-6-16(22-24(11)9-12-2-3-14(18)15(19)7-12)21-17(26)4-5-23-10-13(8-20-23)25(27)28/h2-3,6-8,10H,4-5,9H2,1H3,(H,21,22,26). The highest BCUT2D eigenvalue weighted by molar-refractivity contribution is 6.42. The van der Waals surface area contributed by atoms with Gasteiger partial charge < -0.3 is 5.32 Å². The lowest BCUT2D eigenvalue weighted by atomic mass is 10.2. The molecule has 1 aromatic carbocycles. The Morgan fingerprint density at radius 2 is 2.07 bits per heavy atom. The molecule has 3 aromatic rings. The van der Waals surface area contributed by atoms with Crippen LogP contribution in [0.25, 0.3) is 0 Å². The molecule has 1 amide bonds. The first-order valence-corrected chi connectivity index (χ1v) is 9.02. The molecule has 0 unspecified atom stereocenters. The number of nitro groups is 1. The molecule has 0 bridgehead atoms. The van der Waals surface area contributed by atoms with Crippen molar-refractivity contribution in [2.45, 2.75) is 26.4 Å². The summed E-state index contributed by atoms with van der Waals surface area (Å²) in [5.41, 5.74) is 1.68.